The largest absolute Gasteiger partial charge is 0.397 e. The molecule has 1 aromatic heterocycles. The molecule has 0 unspecified atom stereocenters. The molecule has 4 N–H and O–H groups in total. The summed E-state index contributed by atoms with van der Waals surface area (Å²) >= 11 is 0. The van der Waals surface area contributed by atoms with Crippen molar-refractivity contribution in [3.8, 4) is 0 Å². The fraction of sp³-hybridized carbons (Fsp3) is 0.211. The lowest BCUT2D eigenvalue weighted by Crippen LogP contribution is -2.12. The molecule has 2 aromatic carbocycles. The van der Waals surface area contributed by atoms with Gasteiger partial charge < -0.3 is 16.0 Å². The lowest BCUT2D eigenvalue weighted by molar-refractivity contribution is -0.116. The number of para-hydroxylation sites is 3. The van der Waals surface area contributed by atoms with E-state index in [0.717, 1.165) is 18.4 Å². The standard InChI is InChI=1S/C18H19N3O.CH4/c19-15-8-2-4-10-17(15)21-18(22)11-5-6-13-12-20-16-9-3-1-7-14(13)16;/h1-4,7-10,12,20H,5-6,11,19H2,(H,21,22);1H4. The van der Waals surface area contributed by atoms with Crippen molar-refractivity contribution in [1.82, 2.24) is 4.98 Å². The Hall–Kier alpha value is -2.75. The quantitative estimate of drug-likeness (QED) is 0.613. The van der Waals surface area contributed by atoms with Gasteiger partial charge in [-0.3, -0.25) is 4.79 Å². The maximum atomic E-state index is 12.0. The summed E-state index contributed by atoms with van der Waals surface area (Å²) in [4.78, 5) is 15.2. The van der Waals surface area contributed by atoms with E-state index in [1.54, 1.807) is 6.07 Å². The van der Waals surface area contributed by atoms with Crippen LogP contribution >= 0.6 is 0 Å². The molecule has 1 heterocycles. The first-order valence-electron chi connectivity index (χ1n) is 7.43. The molecule has 0 aliphatic rings. The molecule has 4 nitrogen and oxygen atoms in total. The smallest absolute Gasteiger partial charge is 0.224 e. The fourth-order valence-electron chi connectivity index (χ4n) is 2.60. The van der Waals surface area contributed by atoms with Crippen LogP contribution in [0.5, 0.6) is 0 Å². The summed E-state index contributed by atoms with van der Waals surface area (Å²) in [5.74, 6) is -0.00209. The molecule has 0 saturated heterocycles. The summed E-state index contributed by atoms with van der Waals surface area (Å²) in [5.41, 5.74) is 9.48. The lowest BCUT2D eigenvalue weighted by Gasteiger charge is -2.07. The Labute approximate surface area is 136 Å². The van der Waals surface area contributed by atoms with Gasteiger partial charge >= 0.3 is 0 Å². The number of carbonyl (C=O) groups excluding carboxylic acids is 1. The number of aromatic amines is 1. The summed E-state index contributed by atoms with van der Waals surface area (Å²) in [5, 5.41) is 4.09. The fourth-order valence-corrected chi connectivity index (χ4v) is 2.60. The Morgan fingerprint density at radius 1 is 1.09 bits per heavy atom. The summed E-state index contributed by atoms with van der Waals surface area (Å²) < 4.78 is 0. The second-order valence-electron chi connectivity index (χ2n) is 5.35. The molecule has 3 rings (SSSR count). The van der Waals surface area contributed by atoms with E-state index >= 15 is 0 Å². The molecule has 0 radical (unpaired) electrons. The zero-order valence-electron chi connectivity index (χ0n) is 12.3. The van der Waals surface area contributed by atoms with Crippen molar-refractivity contribution in [2.45, 2.75) is 26.7 Å². The van der Waals surface area contributed by atoms with Crippen molar-refractivity contribution >= 4 is 28.2 Å². The Morgan fingerprint density at radius 2 is 1.83 bits per heavy atom. The molecule has 0 aliphatic heterocycles. The van der Waals surface area contributed by atoms with Gasteiger partial charge in [-0.2, -0.15) is 0 Å². The van der Waals surface area contributed by atoms with E-state index in [1.807, 2.05) is 36.5 Å². The van der Waals surface area contributed by atoms with E-state index < -0.39 is 0 Å². The van der Waals surface area contributed by atoms with Crippen LogP contribution in [0.25, 0.3) is 10.9 Å². The van der Waals surface area contributed by atoms with Gasteiger partial charge in [0.2, 0.25) is 5.91 Å². The lowest BCUT2D eigenvalue weighted by atomic mass is 10.1. The van der Waals surface area contributed by atoms with Crippen LogP contribution in [0.1, 0.15) is 25.8 Å². The summed E-state index contributed by atoms with van der Waals surface area (Å²) in [7, 11) is 0. The number of H-pyrrole nitrogens is 1. The average molecular weight is 309 g/mol. The number of aromatic nitrogens is 1. The van der Waals surface area contributed by atoms with Gasteiger partial charge in [0.15, 0.2) is 0 Å². The third-order valence-corrected chi connectivity index (χ3v) is 3.76. The molecule has 0 saturated carbocycles. The molecule has 1 amide bonds. The zero-order chi connectivity index (χ0) is 15.4. The number of nitrogens with one attached hydrogen (secondary N) is 2. The van der Waals surface area contributed by atoms with E-state index in [1.165, 1.54) is 10.9 Å². The van der Waals surface area contributed by atoms with Crippen LogP contribution in [0.3, 0.4) is 0 Å². The van der Waals surface area contributed by atoms with Crippen LogP contribution in [-0.2, 0) is 11.2 Å². The third-order valence-electron chi connectivity index (χ3n) is 3.76. The van der Waals surface area contributed by atoms with Crippen LogP contribution in [0.2, 0.25) is 0 Å². The number of benzene rings is 2. The van der Waals surface area contributed by atoms with Crippen molar-refractivity contribution in [3.63, 3.8) is 0 Å². The van der Waals surface area contributed by atoms with E-state index in [0.29, 0.717) is 17.8 Å². The molecule has 3 aromatic rings. The topological polar surface area (TPSA) is 70.9 Å². The first-order chi connectivity index (χ1) is 10.7. The third kappa shape index (κ3) is 3.92. The Bertz CT molecular complexity index is 792. The highest BCUT2D eigenvalue weighted by atomic mass is 16.1. The summed E-state index contributed by atoms with van der Waals surface area (Å²) in [6, 6.07) is 15.5. The highest BCUT2D eigenvalue weighted by Crippen LogP contribution is 2.20. The van der Waals surface area contributed by atoms with Gasteiger partial charge in [-0.25, -0.2) is 0 Å². The van der Waals surface area contributed by atoms with Crippen molar-refractivity contribution < 1.29 is 4.79 Å². The van der Waals surface area contributed by atoms with Crippen LogP contribution in [0.4, 0.5) is 11.4 Å². The van der Waals surface area contributed by atoms with Gasteiger partial charge in [0.1, 0.15) is 0 Å². The highest BCUT2D eigenvalue weighted by molar-refractivity contribution is 5.93. The minimum atomic E-state index is -0.00209. The molecule has 0 spiro atoms. The highest BCUT2D eigenvalue weighted by Gasteiger charge is 2.07. The minimum Gasteiger partial charge on any atom is -0.397 e. The minimum absolute atomic E-state index is 0. The molecular weight excluding hydrogens is 286 g/mol. The molecule has 0 aliphatic carbocycles. The number of hydrogen-bond acceptors (Lipinski definition) is 2. The number of nitrogens with two attached hydrogens (primary N) is 1. The number of anilines is 2. The maximum absolute atomic E-state index is 12.0. The first kappa shape index (κ1) is 16.6. The zero-order valence-corrected chi connectivity index (χ0v) is 12.3. The van der Waals surface area contributed by atoms with Crippen molar-refractivity contribution in [3.05, 3.63) is 60.3 Å². The monoisotopic (exact) mass is 309 g/mol. The number of aryl methyl sites for hydroxylation is 1. The van der Waals surface area contributed by atoms with Gasteiger partial charge in [-0.1, -0.05) is 37.8 Å². The second kappa shape index (κ2) is 7.49. The van der Waals surface area contributed by atoms with Crippen molar-refractivity contribution in [1.29, 1.82) is 0 Å². The predicted molar refractivity (Wildman–Crippen MR) is 97.5 cm³/mol. The summed E-state index contributed by atoms with van der Waals surface area (Å²) in [6.45, 7) is 0. The van der Waals surface area contributed by atoms with E-state index in [9.17, 15) is 4.79 Å². The maximum Gasteiger partial charge on any atom is 0.224 e. The number of amides is 1. The van der Waals surface area contributed by atoms with Crippen LogP contribution < -0.4 is 11.1 Å². The molecule has 4 heteroatoms. The molecule has 0 bridgehead atoms. The first-order valence-corrected chi connectivity index (χ1v) is 7.43. The van der Waals surface area contributed by atoms with Gasteiger partial charge in [0.05, 0.1) is 11.4 Å². The van der Waals surface area contributed by atoms with Crippen LogP contribution in [-0.4, -0.2) is 10.9 Å². The van der Waals surface area contributed by atoms with Gasteiger partial charge in [0, 0.05) is 23.5 Å². The van der Waals surface area contributed by atoms with Crippen LogP contribution in [0, 0.1) is 0 Å². The molecule has 120 valence electrons. The van der Waals surface area contributed by atoms with Crippen molar-refractivity contribution in [2.75, 3.05) is 11.1 Å². The van der Waals surface area contributed by atoms with Gasteiger partial charge in [-0.15, -0.1) is 0 Å². The number of carbonyl (C=O) groups is 1. The number of nitrogen functional groups attached to an aromatic ring is 1. The molecule has 23 heavy (non-hydrogen) atoms. The molecule has 0 atom stereocenters. The van der Waals surface area contributed by atoms with Gasteiger partial charge in [0.25, 0.3) is 0 Å². The number of rotatable bonds is 5. The van der Waals surface area contributed by atoms with E-state index in [4.69, 9.17) is 5.73 Å². The summed E-state index contributed by atoms with van der Waals surface area (Å²) in [6.07, 6.45) is 4.19. The van der Waals surface area contributed by atoms with Gasteiger partial charge in [-0.05, 0) is 36.6 Å². The Morgan fingerprint density at radius 3 is 2.65 bits per heavy atom. The normalized spacial score (nSPS) is 10.3. The Balaban J connectivity index is 0.00000192. The van der Waals surface area contributed by atoms with Crippen LogP contribution in [0.15, 0.2) is 54.7 Å². The van der Waals surface area contributed by atoms with E-state index in [-0.39, 0.29) is 13.3 Å². The Kier molecular flexibility index (Phi) is 5.41. The average Bonchev–Trinajstić information content (AvgIpc) is 2.93. The number of hydrogen-bond donors (Lipinski definition) is 3. The second-order valence-corrected chi connectivity index (χ2v) is 5.35. The molecule has 0 fully saturated rings. The van der Waals surface area contributed by atoms with Crippen molar-refractivity contribution in [2.24, 2.45) is 0 Å². The number of fused-ring (bicyclic) bond motifs is 1. The van der Waals surface area contributed by atoms with E-state index in [2.05, 4.69) is 22.4 Å². The SMILES string of the molecule is C.Nc1ccccc1NC(=O)CCCc1c[nH]c2ccccc12. The molecular formula is C19H23N3O. The predicted octanol–water partition coefficient (Wildman–Crippen LogP) is 4.35.